The van der Waals surface area contributed by atoms with Crippen molar-refractivity contribution in [1.82, 2.24) is 14.8 Å². The van der Waals surface area contributed by atoms with Crippen LogP contribution in [0.2, 0.25) is 0 Å². The molecule has 0 saturated carbocycles. The van der Waals surface area contributed by atoms with Crippen LogP contribution in [0, 0.1) is 0 Å². The lowest BCUT2D eigenvalue weighted by Crippen LogP contribution is -2.19. The van der Waals surface area contributed by atoms with Crippen molar-refractivity contribution in [3.05, 3.63) is 11.6 Å². The van der Waals surface area contributed by atoms with Crippen LogP contribution in [0.3, 0.4) is 0 Å². The van der Waals surface area contributed by atoms with Crippen molar-refractivity contribution in [2.24, 2.45) is 0 Å². The lowest BCUT2D eigenvalue weighted by molar-refractivity contribution is -0.173. The summed E-state index contributed by atoms with van der Waals surface area (Å²) in [5.41, 5.74) is 0. The second-order valence-corrected chi connectivity index (χ2v) is 4.00. The zero-order valence-corrected chi connectivity index (χ0v) is 11.2. The van der Waals surface area contributed by atoms with Crippen molar-refractivity contribution < 1.29 is 22.6 Å². The average Bonchev–Trinajstić information content (AvgIpc) is 2.73. The molecule has 1 aromatic rings. The molecule has 0 amide bonds. The van der Waals surface area contributed by atoms with E-state index in [2.05, 4.69) is 14.9 Å². The maximum absolute atomic E-state index is 11.9. The van der Waals surface area contributed by atoms with Crippen molar-refractivity contribution in [2.45, 2.75) is 25.0 Å². The Morgan fingerprint density at radius 2 is 1.89 bits per heavy atom. The standard InChI is InChI=1S/C10H15ClF3N3O2/c1-18-5-3-17-8(15-16-9(17)6-11)2-4-19-7-10(12,13)14/h2-7H2,1H3. The van der Waals surface area contributed by atoms with Gasteiger partial charge in [0.25, 0.3) is 0 Å². The summed E-state index contributed by atoms with van der Waals surface area (Å²) in [6.45, 7) is -0.396. The zero-order valence-electron chi connectivity index (χ0n) is 10.4. The Labute approximate surface area is 113 Å². The second kappa shape index (κ2) is 7.66. The second-order valence-electron chi connectivity index (χ2n) is 3.73. The van der Waals surface area contributed by atoms with Crippen LogP contribution in [0.25, 0.3) is 0 Å². The van der Waals surface area contributed by atoms with Gasteiger partial charge in [0.05, 0.1) is 19.1 Å². The van der Waals surface area contributed by atoms with Crippen molar-refractivity contribution in [2.75, 3.05) is 26.9 Å². The molecular formula is C10H15ClF3N3O2. The Morgan fingerprint density at radius 3 is 2.47 bits per heavy atom. The smallest absolute Gasteiger partial charge is 0.383 e. The zero-order chi connectivity index (χ0) is 14.3. The maximum Gasteiger partial charge on any atom is 0.411 e. The van der Waals surface area contributed by atoms with Gasteiger partial charge in [-0.2, -0.15) is 13.2 Å². The molecule has 0 N–H and O–H groups in total. The number of rotatable bonds is 8. The first-order valence-electron chi connectivity index (χ1n) is 5.58. The number of nitrogens with zero attached hydrogens (tertiary/aromatic N) is 3. The Morgan fingerprint density at radius 1 is 1.21 bits per heavy atom. The minimum Gasteiger partial charge on any atom is -0.383 e. The molecule has 1 aromatic heterocycles. The van der Waals surface area contributed by atoms with Crippen LogP contribution in [-0.2, 0) is 28.3 Å². The molecule has 0 saturated heterocycles. The van der Waals surface area contributed by atoms with Gasteiger partial charge in [0, 0.05) is 20.1 Å². The molecule has 110 valence electrons. The largest absolute Gasteiger partial charge is 0.411 e. The average molecular weight is 302 g/mol. The van der Waals surface area contributed by atoms with Gasteiger partial charge >= 0.3 is 6.18 Å². The first-order valence-corrected chi connectivity index (χ1v) is 6.11. The molecule has 0 atom stereocenters. The highest BCUT2D eigenvalue weighted by molar-refractivity contribution is 6.16. The van der Waals surface area contributed by atoms with Crippen LogP contribution >= 0.6 is 11.6 Å². The maximum atomic E-state index is 11.9. The van der Waals surface area contributed by atoms with E-state index in [1.54, 1.807) is 11.7 Å². The third-order valence-electron chi connectivity index (χ3n) is 2.28. The van der Waals surface area contributed by atoms with Crippen molar-refractivity contribution in [3.63, 3.8) is 0 Å². The summed E-state index contributed by atoms with van der Waals surface area (Å²) in [6.07, 6.45) is -4.07. The number of alkyl halides is 4. The first kappa shape index (κ1) is 16.2. The van der Waals surface area contributed by atoms with Gasteiger partial charge in [0.15, 0.2) is 0 Å². The van der Waals surface area contributed by atoms with Gasteiger partial charge in [-0.1, -0.05) is 0 Å². The van der Waals surface area contributed by atoms with E-state index in [-0.39, 0.29) is 18.9 Å². The molecule has 0 aliphatic rings. The van der Waals surface area contributed by atoms with Crippen molar-refractivity contribution >= 4 is 11.6 Å². The summed E-state index contributed by atoms with van der Waals surface area (Å²) in [5, 5.41) is 7.75. The van der Waals surface area contributed by atoms with Crippen molar-refractivity contribution in [3.8, 4) is 0 Å². The number of hydrogen-bond donors (Lipinski definition) is 0. The quantitative estimate of drug-likeness (QED) is 0.542. The van der Waals surface area contributed by atoms with E-state index in [0.717, 1.165) is 0 Å². The van der Waals surface area contributed by atoms with Crippen LogP contribution in [-0.4, -0.2) is 47.9 Å². The highest BCUT2D eigenvalue weighted by Gasteiger charge is 2.27. The molecule has 0 fully saturated rings. The molecule has 5 nitrogen and oxygen atoms in total. The first-order chi connectivity index (χ1) is 8.98. The van der Waals surface area contributed by atoms with E-state index in [0.29, 0.717) is 24.8 Å². The third kappa shape index (κ3) is 5.75. The van der Waals surface area contributed by atoms with Gasteiger partial charge in [-0.3, -0.25) is 0 Å². The molecule has 0 aromatic carbocycles. The minimum absolute atomic E-state index is 0.0765. The lowest BCUT2D eigenvalue weighted by atomic mass is 10.4. The molecule has 0 radical (unpaired) electrons. The van der Waals surface area contributed by atoms with Crippen LogP contribution in [0.15, 0.2) is 0 Å². The Hall–Kier alpha value is -0.860. The number of aromatic nitrogens is 3. The summed E-state index contributed by atoms with van der Waals surface area (Å²) < 4.78 is 46.9. The lowest BCUT2D eigenvalue weighted by Gasteiger charge is -2.10. The molecule has 9 heteroatoms. The fourth-order valence-corrected chi connectivity index (χ4v) is 1.65. The summed E-state index contributed by atoms with van der Waals surface area (Å²) in [6, 6.07) is 0. The van der Waals surface area contributed by atoms with E-state index in [9.17, 15) is 13.2 Å². The van der Waals surface area contributed by atoms with Crippen molar-refractivity contribution in [1.29, 1.82) is 0 Å². The summed E-state index contributed by atoms with van der Waals surface area (Å²) in [4.78, 5) is 0. The highest BCUT2D eigenvalue weighted by atomic mass is 35.5. The van der Waals surface area contributed by atoms with Crippen LogP contribution in [0.1, 0.15) is 11.6 Å². The van der Waals surface area contributed by atoms with Crippen LogP contribution in [0.4, 0.5) is 13.2 Å². The van der Waals surface area contributed by atoms with E-state index in [1.165, 1.54) is 0 Å². The molecule has 0 unspecified atom stereocenters. The topological polar surface area (TPSA) is 49.2 Å². The molecule has 0 aliphatic heterocycles. The monoisotopic (exact) mass is 301 g/mol. The van der Waals surface area contributed by atoms with Crippen LogP contribution < -0.4 is 0 Å². The minimum atomic E-state index is -4.31. The molecule has 0 bridgehead atoms. The van der Waals surface area contributed by atoms with Gasteiger partial charge < -0.3 is 14.0 Å². The molecule has 1 heterocycles. The number of hydrogen-bond acceptors (Lipinski definition) is 4. The third-order valence-corrected chi connectivity index (χ3v) is 2.52. The van der Waals surface area contributed by atoms with Gasteiger partial charge in [0.1, 0.15) is 18.3 Å². The Balaban J connectivity index is 2.50. The predicted octanol–water partition coefficient (Wildman–Crippen LogP) is 1.78. The number of halogens is 4. The van der Waals surface area contributed by atoms with Gasteiger partial charge in [-0.15, -0.1) is 21.8 Å². The number of methoxy groups -OCH3 is 1. The summed E-state index contributed by atoms with van der Waals surface area (Å²) in [5.74, 6) is 1.28. The van der Waals surface area contributed by atoms with E-state index in [4.69, 9.17) is 16.3 Å². The van der Waals surface area contributed by atoms with E-state index in [1.807, 2.05) is 0 Å². The van der Waals surface area contributed by atoms with Gasteiger partial charge in [0.2, 0.25) is 0 Å². The molecule has 0 aliphatic carbocycles. The SMILES string of the molecule is COCCn1c(CCl)nnc1CCOCC(F)(F)F. The Kier molecular flexibility index (Phi) is 6.53. The van der Waals surface area contributed by atoms with Crippen LogP contribution in [0.5, 0.6) is 0 Å². The van der Waals surface area contributed by atoms with E-state index >= 15 is 0 Å². The fraction of sp³-hybridized carbons (Fsp3) is 0.800. The molecule has 1 rings (SSSR count). The predicted molar refractivity (Wildman–Crippen MR) is 62.0 cm³/mol. The highest BCUT2D eigenvalue weighted by Crippen LogP contribution is 2.14. The molecular weight excluding hydrogens is 287 g/mol. The number of ether oxygens (including phenoxy) is 2. The fourth-order valence-electron chi connectivity index (χ4n) is 1.45. The normalized spacial score (nSPS) is 12.1. The summed E-state index contributed by atoms with van der Waals surface area (Å²) >= 11 is 5.70. The van der Waals surface area contributed by atoms with Gasteiger partial charge in [-0.25, -0.2) is 0 Å². The summed E-state index contributed by atoms with van der Waals surface area (Å²) in [7, 11) is 1.55. The van der Waals surface area contributed by atoms with Gasteiger partial charge in [-0.05, 0) is 0 Å². The van der Waals surface area contributed by atoms with E-state index < -0.39 is 12.8 Å². The molecule has 0 spiro atoms. The molecule has 19 heavy (non-hydrogen) atoms. The Bertz CT molecular complexity index is 385.